The maximum atomic E-state index is 10.7. The molecule has 5 nitrogen and oxygen atoms in total. The van der Waals surface area contributed by atoms with Gasteiger partial charge in [-0.05, 0) is 0 Å². The second-order valence-corrected chi connectivity index (χ2v) is 1.79. The van der Waals surface area contributed by atoms with Gasteiger partial charge in [0, 0.05) is 6.20 Å². The van der Waals surface area contributed by atoms with E-state index in [4.69, 9.17) is 11.0 Å². The first-order valence-corrected chi connectivity index (χ1v) is 2.67. The summed E-state index contributed by atoms with van der Waals surface area (Å²) in [4.78, 5) is 10.7. The smallest absolute Gasteiger partial charge is 0.266 e. The molecule has 0 aromatic carbocycles. The van der Waals surface area contributed by atoms with Crippen LogP contribution in [-0.2, 0) is 4.79 Å². The monoisotopic (exact) mass is 138 g/mol. The van der Waals surface area contributed by atoms with Crippen molar-refractivity contribution in [1.82, 2.24) is 10.6 Å². The molecular weight excluding hydrogens is 132 g/mol. The fourth-order valence-corrected chi connectivity index (χ4v) is 0.582. The number of nitrogens with zero attached hydrogens (tertiary/aromatic N) is 1. The van der Waals surface area contributed by atoms with Crippen molar-refractivity contribution < 1.29 is 4.79 Å². The van der Waals surface area contributed by atoms with Crippen molar-refractivity contribution in [2.45, 2.75) is 6.29 Å². The molecule has 4 N–H and O–H groups in total. The molecule has 1 aliphatic heterocycles. The number of carbonyl (C=O) groups is 1. The molecule has 1 atom stereocenters. The molecule has 0 aromatic rings. The number of amides is 1. The number of nitrogens with one attached hydrogen (secondary N) is 2. The van der Waals surface area contributed by atoms with Crippen molar-refractivity contribution in [2.75, 3.05) is 0 Å². The number of carbonyl (C=O) groups excluding carboxylic acids is 1. The maximum Gasteiger partial charge on any atom is 0.266 e. The SMILES string of the molecule is N#CC1=CNC(N)NC1=O. The highest BCUT2D eigenvalue weighted by Crippen LogP contribution is 1.94. The molecule has 1 amide bonds. The lowest BCUT2D eigenvalue weighted by Gasteiger charge is -2.17. The Hall–Kier alpha value is -1.54. The summed E-state index contributed by atoms with van der Waals surface area (Å²) in [6.45, 7) is 0. The highest BCUT2D eigenvalue weighted by molar-refractivity contribution is 5.97. The van der Waals surface area contributed by atoms with E-state index < -0.39 is 12.2 Å². The first-order valence-electron chi connectivity index (χ1n) is 2.67. The van der Waals surface area contributed by atoms with Crippen molar-refractivity contribution in [2.24, 2.45) is 5.73 Å². The fraction of sp³-hybridized carbons (Fsp3) is 0.200. The Balaban J connectivity index is 2.78. The number of nitrogens with two attached hydrogens (primary N) is 1. The number of rotatable bonds is 0. The maximum absolute atomic E-state index is 10.7. The van der Waals surface area contributed by atoms with E-state index in [1.54, 1.807) is 6.07 Å². The van der Waals surface area contributed by atoms with E-state index >= 15 is 0 Å². The van der Waals surface area contributed by atoms with Gasteiger partial charge in [0.05, 0.1) is 0 Å². The van der Waals surface area contributed by atoms with Gasteiger partial charge in [-0.1, -0.05) is 0 Å². The van der Waals surface area contributed by atoms with Crippen LogP contribution in [0.15, 0.2) is 11.8 Å². The van der Waals surface area contributed by atoms with Gasteiger partial charge < -0.3 is 10.6 Å². The molecule has 0 radical (unpaired) electrons. The average molecular weight is 138 g/mol. The molecule has 0 bridgehead atoms. The summed E-state index contributed by atoms with van der Waals surface area (Å²) in [7, 11) is 0. The quantitative estimate of drug-likeness (QED) is 0.374. The van der Waals surface area contributed by atoms with Crippen LogP contribution in [0.1, 0.15) is 0 Å². The molecule has 0 fully saturated rings. The van der Waals surface area contributed by atoms with Crippen LogP contribution >= 0.6 is 0 Å². The zero-order chi connectivity index (χ0) is 7.56. The Bertz CT molecular complexity index is 226. The molecule has 1 aliphatic rings. The standard InChI is InChI=1S/C5H6N4O/c6-1-3-2-8-5(7)9-4(3)10/h2,5,8H,7H2,(H,9,10). The highest BCUT2D eigenvalue weighted by atomic mass is 16.2. The molecule has 1 heterocycles. The van der Waals surface area contributed by atoms with Crippen molar-refractivity contribution in [3.63, 3.8) is 0 Å². The van der Waals surface area contributed by atoms with E-state index in [1.807, 2.05) is 0 Å². The summed E-state index contributed by atoms with van der Waals surface area (Å²) in [5.74, 6) is -0.436. The molecule has 0 aliphatic carbocycles. The minimum absolute atomic E-state index is 0.0432. The summed E-state index contributed by atoms with van der Waals surface area (Å²) in [6, 6.07) is 1.71. The zero-order valence-corrected chi connectivity index (χ0v) is 5.09. The van der Waals surface area contributed by atoms with Crippen LogP contribution in [0.3, 0.4) is 0 Å². The Morgan fingerprint density at radius 3 is 3.00 bits per heavy atom. The van der Waals surface area contributed by atoms with Crippen molar-refractivity contribution in [3.8, 4) is 6.07 Å². The van der Waals surface area contributed by atoms with Gasteiger partial charge in [0.25, 0.3) is 5.91 Å². The minimum atomic E-state index is -0.579. The van der Waals surface area contributed by atoms with Crippen LogP contribution in [0.4, 0.5) is 0 Å². The third-order valence-corrected chi connectivity index (χ3v) is 1.06. The lowest BCUT2D eigenvalue weighted by Crippen LogP contribution is -2.53. The van der Waals surface area contributed by atoms with Crippen LogP contribution < -0.4 is 16.4 Å². The van der Waals surface area contributed by atoms with Crippen LogP contribution in [0.25, 0.3) is 0 Å². The Kier molecular flexibility index (Phi) is 1.56. The first-order chi connectivity index (χ1) is 4.74. The van der Waals surface area contributed by atoms with Gasteiger partial charge in [-0.3, -0.25) is 10.5 Å². The topological polar surface area (TPSA) is 90.9 Å². The Labute approximate surface area is 57.5 Å². The third-order valence-electron chi connectivity index (χ3n) is 1.06. The molecular formula is C5H6N4O. The number of nitriles is 1. The number of hydrogen-bond acceptors (Lipinski definition) is 4. The second kappa shape index (κ2) is 2.37. The molecule has 1 unspecified atom stereocenters. The predicted molar refractivity (Wildman–Crippen MR) is 32.9 cm³/mol. The van der Waals surface area contributed by atoms with E-state index in [1.165, 1.54) is 6.20 Å². The van der Waals surface area contributed by atoms with E-state index in [-0.39, 0.29) is 5.57 Å². The van der Waals surface area contributed by atoms with Crippen LogP contribution in [0.2, 0.25) is 0 Å². The summed E-state index contributed by atoms with van der Waals surface area (Å²) in [5.41, 5.74) is 5.29. The second-order valence-electron chi connectivity index (χ2n) is 1.79. The van der Waals surface area contributed by atoms with E-state index in [0.29, 0.717) is 0 Å². The summed E-state index contributed by atoms with van der Waals surface area (Å²) in [6.07, 6.45) is 0.716. The molecule has 5 heteroatoms. The average Bonchev–Trinajstić information content (AvgIpc) is 1.88. The van der Waals surface area contributed by atoms with Crippen LogP contribution in [0, 0.1) is 11.3 Å². The molecule has 0 saturated carbocycles. The van der Waals surface area contributed by atoms with Crippen LogP contribution in [0.5, 0.6) is 0 Å². The third kappa shape index (κ3) is 1.06. The Morgan fingerprint density at radius 2 is 2.50 bits per heavy atom. The lowest BCUT2D eigenvalue weighted by atomic mass is 10.3. The van der Waals surface area contributed by atoms with Gasteiger partial charge in [-0.15, -0.1) is 0 Å². The fourth-order valence-electron chi connectivity index (χ4n) is 0.582. The van der Waals surface area contributed by atoms with E-state index in [2.05, 4.69) is 10.6 Å². The van der Waals surface area contributed by atoms with E-state index in [9.17, 15) is 4.79 Å². The molecule has 0 saturated heterocycles. The number of hydrogen-bond donors (Lipinski definition) is 3. The normalized spacial score (nSPS) is 23.8. The summed E-state index contributed by atoms with van der Waals surface area (Å²) in [5, 5.41) is 13.2. The first kappa shape index (κ1) is 6.58. The molecule has 10 heavy (non-hydrogen) atoms. The largest absolute Gasteiger partial charge is 0.358 e. The van der Waals surface area contributed by atoms with Gasteiger partial charge in [0.15, 0.2) is 6.29 Å². The predicted octanol–water partition coefficient (Wildman–Crippen LogP) is -1.64. The highest BCUT2D eigenvalue weighted by Gasteiger charge is 2.15. The van der Waals surface area contributed by atoms with Crippen molar-refractivity contribution in [3.05, 3.63) is 11.8 Å². The van der Waals surface area contributed by atoms with Gasteiger partial charge in [-0.2, -0.15) is 5.26 Å². The van der Waals surface area contributed by atoms with Crippen molar-refractivity contribution in [1.29, 1.82) is 5.26 Å². The zero-order valence-electron chi connectivity index (χ0n) is 5.09. The van der Waals surface area contributed by atoms with Gasteiger partial charge in [0.1, 0.15) is 11.6 Å². The van der Waals surface area contributed by atoms with Gasteiger partial charge >= 0.3 is 0 Å². The molecule has 0 spiro atoms. The Morgan fingerprint density at radius 1 is 1.80 bits per heavy atom. The lowest BCUT2D eigenvalue weighted by molar-refractivity contribution is -0.118. The summed E-state index contributed by atoms with van der Waals surface area (Å²) < 4.78 is 0. The molecule has 52 valence electrons. The van der Waals surface area contributed by atoms with Gasteiger partial charge in [-0.25, -0.2) is 0 Å². The van der Waals surface area contributed by atoms with Crippen molar-refractivity contribution >= 4 is 5.91 Å². The summed E-state index contributed by atoms with van der Waals surface area (Å²) >= 11 is 0. The van der Waals surface area contributed by atoms with Crippen LogP contribution in [-0.4, -0.2) is 12.2 Å². The molecule has 0 aromatic heterocycles. The van der Waals surface area contributed by atoms with E-state index in [0.717, 1.165) is 0 Å². The van der Waals surface area contributed by atoms with Gasteiger partial charge in [0.2, 0.25) is 0 Å². The molecule has 1 rings (SSSR count). The minimum Gasteiger partial charge on any atom is -0.358 e.